The van der Waals surface area contributed by atoms with E-state index in [1.54, 1.807) is 7.11 Å². The second-order valence-electron chi connectivity index (χ2n) is 7.14. The Labute approximate surface area is 164 Å². The number of H-pyrrole nitrogens is 1. The van der Waals surface area contributed by atoms with Crippen LogP contribution in [0.1, 0.15) is 12.8 Å². The van der Waals surface area contributed by atoms with E-state index < -0.39 is 0 Å². The molecule has 4 aromatic rings. The average molecular weight is 370 g/mol. The highest BCUT2D eigenvalue weighted by atomic mass is 16.5. The molecule has 0 spiro atoms. The summed E-state index contributed by atoms with van der Waals surface area (Å²) < 4.78 is 5.53. The minimum Gasteiger partial charge on any atom is -0.496 e. The van der Waals surface area contributed by atoms with E-state index in [1.165, 1.54) is 24.1 Å². The van der Waals surface area contributed by atoms with Crippen molar-refractivity contribution in [2.45, 2.75) is 12.8 Å². The van der Waals surface area contributed by atoms with E-state index in [9.17, 15) is 0 Å². The largest absolute Gasteiger partial charge is 0.496 e. The Morgan fingerprint density at radius 3 is 2.68 bits per heavy atom. The van der Waals surface area contributed by atoms with Crippen LogP contribution in [0.4, 0.5) is 5.69 Å². The molecule has 2 aromatic carbocycles. The van der Waals surface area contributed by atoms with Gasteiger partial charge >= 0.3 is 0 Å². The number of rotatable bonds is 4. The van der Waals surface area contributed by atoms with Gasteiger partial charge in [0.05, 0.1) is 12.8 Å². The fourth-order valence-corrected chi connectivity index (χ4v) is 3.97. The molecule has 0 saturated carbocycles. The maximum Gasteiger partial charge on any atom is 0.181 e. The van der Waals surface area contributed by atoms with Crippen LogP contribution in [0, 0.1) is 0 Å². The molecule has 0 unspecified atom stereocenters. The van der Waals surface area contributed by atoms with Gasteiger partial charge in [-0.1, -0.05) is 24.3 Å². The number of nitrogens with one attached hydrogen (secondary N) is 1. The summed E-state index contributed by atoms with van der Waals surface area (Å²) in [6, 6.07) is 18.8. The smallest absolute Gasteiger partial charge is 0.181 e. The topological polar surface area (TPSA) is 54.0 Å². The first-order chi connectivity index (χ1) is 13.8. The molecule has 5 nitrogen and oxygen atoms in total. The number of aromatic amines is 1. The fourth-order valence-electron chi connectivity index (χ4n) is 3.97. The van der Waals surface area contributed by atoms with Crippen molar-refractivity contribution in [2.24, 2.45) is 0 Å². The molecule has 1 aliphatic rings. The molecule has 0 aliphatic carbocycles. The minimum absolute atomic E-state index is 0.709. The molecule has 0 amide bonds. The van der Waals surface area contributed by atoms with Crippen molar-refractivity contribution >= 4 is 16.7 Å². The zero-order valence-corrected chi connectivity index (χ0v) is 15.9. The average Bonchev–Trinajstić information content (AvgIpc) is 3.43. The number of ether oxygens (including phenoxy) is 1. The Balaban J connectivity index is 1.60. The monoisotopic (exact) mass is 370 g/mol. The molecule has 0 radical (unpaired) electrons. The molecule has 28 heavy (non-hydrogen) atoms. The van der Waals surface area contributed by atoms with Crippen LogP contribution in [0.15, 0.2) is 60.8 Å². The van der Waals surface area contributed by atoms with Crippen molar-refractivity contribution in [3.8, 4) is 28.1 Å². The predicted octanol–water partition coefficient (Wildman–Crippen LogP) is 4.90. The summed E-state index contributed by atoms with van der Waals surface area (Å²) in [5.74, 6) is 0.814. The number of nitrogens with zero attached hydrogens (tertiary/aromatic N) is 3. The van der Waals surface area contributed by atoms with Crippen LogP contribution in [0.2, 0.25) is 0 Å². The van der Waals surface area contributed by atoms with Gasteiger partial charge in [-0.2, -0.15) is 5.10 Å². The number of hydrogen-bond acceptors (Lipinski definition) is 4. The number of benzene rings is 2. The molecule has 2 aromatic heterocycles. The molecule has 5 rings (SSSR count). The van der Waals surface area contributed by atoms with Gasteiger partial charge in [0.25, 0.3) is 0 Å². The van der Waals surface area contributed by atoms with E-state index in [2.05, 4.69) is 50.4 Å². The Morgan fingerprint density at radius 1 is 0.964 bits per heavy atom. The van der Waals surface area contributed by atoms with Crippen molar-refractivity contribution in [3.63, 3.8) is 0 Å². The molecule has 1 fully saturated rings. The lowest BCUT2D eigenvalue weighted by Crippen LogP contribution is -2.17. The van der Waals surface area contributed by atoms with Crippen molar-refractivity contribution < 1.29 is 4.74 Å². The lowest BCUT2D eigenvalue weighted by Gasteiger charge is -2.18. The Morgan fingerprint density at radius 2 is 1.82 bits per heavy atom. The molecular weight excluding hydrogens is 348 g/mol. The number of methoxy groups -OCH3 is 1. The van der Waals surface area contributed by atoms with Crippen LogP contribution in [0.5, 0.6) is 5.75 Å². The van der Waals surface area contributed by atoms with E-state index in [4.69, 9.17) is 4.74 Å². The third-order valence-corrected chi connectivity index (χ3v) is 5.44. The number of hydrogen-bond donors (Lipinski definition) is 1. The van der Waals surface area contributed by atoms with Gasteiger partial charge in [0.2, 0.25) is 0 Å². The van der Waals surface area contributed by atoms with Crippen LogP contribution in [-0.4, -0.2) is 35.4 Å². The van der Waals surface area contributed by atoms with E-state index in [-0.39, 0.29) is 0 Å². The quantitative estimate of drug-likeness (QED) is 0.555. The normalized spacial score (nSPS) is 14.0. The van der Waals surface area contributed by atoms with Crippen molar-refractivity contribution in [2.75, 3.05) is 25.1 Å². The Bertz CT molecular complexity index is 1130. The number of anilines is 1. The Kier molecular flexibility index (Phi) is 4.20. The molecular formula is C23H22N4O. The molecule has 1 N–H and O–H groups in total. The van der Waals surface area contributed by atoms with Gasteiger partial charge in [-0.25, -0.2) is 4.98 Å². The van der Waals surface area contributed by atoms with Crippen molar-refractivity contribution in [3.05, 3.63) is 60.8 Å². The van der Waals surface area contributed by atoms with Crippen molar-refractivity contribution in [1.82, 2.24) is 15.2 Å². The zero-order chi connectivity index (χ0) is 18.9. The number of aromatic nitrogens is 3. The summed E-state index contributed by atoms with van der Waals surface area (Å²) in [5, 5.41) is 8.52. The summed E-state index contributed by atoms with van der Waals surface area (Å²) in [7, 11) is 1.69. The molecule has 0 bridgehead atoms. The third kappa shape index (κ3) is 2.89. The van der Waals surface area contributed by atoms with Gasteiger partial charge in [0.1, 0.15) is 5.75 Å². The second kappa shape index (κ2) is 7.00. The van der Waals surface area contributed by atoms with Crippen LogP contribution in [-0.2, 0) is 0 Å². The van der Waals surface area contributed by atoms with Crippen molar-refractivity contribution in [1.29, 1.82) is 0 Å². The van der Waals surface area contributed by atoms with Gasteiger partial charge in [-0.05, 0) is 48.7 Å². The van der Waals surface area contributed by atoms with Gasteiger partial charge in [-0.15, -0.1) is 0 Å². The number of fused-ring (bicyclic) bond motifs is 1. The molecule has 3 heterocycles. The maximum atomic E-state index is 5.53. The molecule has 140 valence electrons. The lowest BCUT2D eigenvalue weighted by molar-refractivity contribution is 0.416. The highest BCUT2D eigenvalue weighted by molar-refractivity contribution is 5.94. The van der Waals surface area contributed by atoms with E-state index >= 15 is 0 Å². The second-order valence-corrected chi connectivity index (χ2v) is 7.14. The molecule has 1 aliphatic heterocycles. The van der Waals surface area contributed by atoms with Crippen LogP contribution in [0.3, 0.4) is 0 Å². The molecule has 5 heteroatoms. The molecule has 0 atom stereocenters. The first-order valence-corrected chi connectivity index (χ1v) is 9.66. The predicted molar refractivity (Wildman–Crippen MR) is 113 cm³/mol. The summed E-state index contributed by atoms with van der Waals surface area (Å²) in [4.78, 5) is 7.04. The van der Waals surface area contributed by atoms with Gasteiger partial charge in [-0.3, -0.25) is 5.10 Å². The molecule has 1 saturated heterocycles. The summed E-state index contributed by atoms with van der Waals surface area (Å²) in [5.41, 5.74) is 6.17. The standard InChI is InChI=1S/C23H22N4O/c1-28-21-10-3-2-9-19(21)22-20-14-17(15-24-23(20)26-25-22)16-7-6-8-18(13-16)27-11-4-5-12-27/h2-3,6-10,13-15H,4-5,11-12H2,1H3,(H,24,25,26). The zero-order valence-electron chi connectivity index (χ0n) is 15.9. The van der Waals surface area contributed by atoms with Crippen LogP contribution < -0.4 is 9.64 Å². The van der Waals surface area contributed by atoms with Gasteiger partial charge < -0.3 is 9.64 Å². The highest BCUT2D eigenvalue weighted by Crippen LogP contribution is 2.35. The SMILES string of the molecule is COc1ccccc1-c1[nH]nc2ncc(-c3cccc(N4CCCC4)c3)cc12. The number of pyridine rings is 1. The maximum absolute atomic E-state index is 5.53. The van der Waals surface area contributed by atoms with E-state index in [1.807, 2.05) is 30.5 Å². The van der Waals surface area contributed by atoms with Crippen LogP contribution in [0.25, 0.3) is 33.4 Å². The van der Waals surface area contributed by atoms with Crippen LogP contribution >= 0.6 is 0 Å². The first-order valence-electron chi connectivity index (χ1n) is 9.66. The first kappa shape index (κ1) is 16.8. The number of para-hydroxylation sites is 1. The Hall–Kier alpha value is -3.34. The summed E-state index contributed by atoms with van der Waals surface area (Å²) >= 11 is 0. The lowest BCUT2D eigenvalue weighted by atomic mass is 10.0. The minimum atomic E-state index is 0.709. The van der Waals surface area contributed by atoms with E-state index in [0.29, 0.717) is 5.65 Å². The third-order valence-electron chi connectivity index (χ3n) is 5.44. The van der Waals surface area contributed by atoms with Gasteiger partial charge in [0, 0.05) is 41.5 Å². The van der Waals surface area contributed by atoms with Gasteiger partial charge in [0.15, 0.2) is 5.65 Å². The highest BCUT2D eigenvalue weighted by Gasteiger charge is 2.15. The van der Waals surface area contributed by atoms with E-state index in [0.717, 1.165) is 41.0 Å². The summed E-state index contributed by atoms with van der Waals surface area (Å²) in [6.45, 7) is 2.28. The fraction of sp³-hybridized carbons (Fsp3) is 0.217. The summed E-state index contributed by atoms with van der Waals surface area (Å²) in [6.07, 6.45) is 4.45.